The average molecular weight is 282 g/mol. The first-order chi connectivity index (χ1) is 8.84. The summed E-state index contributed by atoms with van der Waals surface area (Å²) in [7, 11) is -1.39. The van der Waals surface area contributed by atoms with Gasteiger partial charge in [-0.2, -0.15) is 0 Å². The summed E-state index contributed by atoms with van der Waals surface area (Å²) >= 11 is 0. The van der Waals surface area contributed by atoms with E-state index in [0.717, 1.165) is 11.3 Å². The van der Waals surface area contributed by atoms with E-state index in [1.54, 1.807) is 37.4 Å². The molecule has 0 aromatic heterocycles. The Labute approximate surface area is 115 Å². The minimum absolute atomic E-state index is 0.295. The predicted octanol–water partition coefficient (Wildman–Crippen LogP) is 2.15. The lowest BCUT2D eigenvalue weighted by atomic mass is 10.1. The second kappa shape index (κ2) is 7.63. The topological polar surface area (TPSA) is 72.2 Å². The third-order valence-corrected chi connectivity index (χ3v) is 3.32. The molecule has 4 nitrogen and oxygen atoms in total. The van der Waals surface area contributed by atoms with Crippen molar-refractivity contribution >= 4 is 15.5 Å². The highest BCUT2D eigenvalue weighted by molar-refractivity contribution is 7.90. The van der Waals surface area contributed by atoms with Crippen molar-refractivity contribution in [2.45, 2.75) is 18.7 Å². The normalized spacial score (nSPS) is 11.3. The van der Waals surface area contributed by atoms with Gasteiger partial charge in [0.15, 0.2) is 9.84 Å². The van der Waals surface area contributed by atoms with Crippen molar-refractivity contribution in [1.82, 2.24) is 5.32 Å². The van der Waals surface area contributed by atoms with Crippen LogP contribution in [0.5, 0.6) is 0 Å². The Morgan fingerprint density at radius 2 is 1.74 bits per heavy atom. The number of rotatable bonds is 4. The Kier molecular flexibility index (Phi) is 6.93. The zero-order valence-corrected chi connectivity index (χ0v) is 12.7. The van der Waals surface area contributed by atoms with Crippen LogP contribution in [0.3, 0.4) is 0 Å². The van der Waals surface area contributed by atoms with E-state index in [4.69, 9.17) is 5.73 Å². The lowest BCUT2D eigenvalue weighted by molar-refractivity contribution is 0.602. The third-order valence-electron chi connectivity index (χ3n) is 2.19. The van der Waals surface area contributed by atoms with Gasteiger partial charge in [0.25, 0.3) is 0 Å². The number of hydrogen-bond acceptors (Lipinski definition) is 4. The number of nitrogens with two attached hydrogens (primary N) is 1. The van der Waals surface area contributed by atoms with Gasteiger partial charge in [0.05, 0.1) is 4.90 Å². The summed E-state index contributed by atoms with van der Waals surface area (Å²) in [5.41, 5.74) is 7.57. The summed E-state index contributed by atoms with van der Waals surface area (Å²) in [5, 5.41) is 2.98. The van der Waals surface area contributed by atoms with Crippen LogP contribution in [0.25, 0.3) is 5.70 Å². The molecule has 1 aromatic rings. The summed E-state index contributed by atoms with van der Waals surface area (Å²) in [6.45, 7) is 7.59. The van der Waals surface area contributed by atoms with Gasteiger partial charge in [0.2, 0.25) is 0 Å². The Balaban J connectivity index is 0.00000154. The number of sulfone groups is 1. The molecule has 106 valence electrons. The average Bonchev–Trinajstić information content (AvgIpc) is 2.37. The van der Waals surface area contributed by atoms with Gasteiger partial charge in [0.1, 0.15) is 0 Å². The fraction of sp³-hybridized carbons (Fsp3) is 0.286. The second-order valence-corrected chi connectivity index (χ2v) is 5.70. The molecule has 19 heavy (non-hydrogen) atoms. The molecule has 0 bridgehead atoms. The van der Waals surface area contributed by atoms with Crippen molar-refractivity contribution < 1.29 is 8.42 Å². The number of allylic oxidation sites excluding steroid dienone is 1. The molecule has 0 aliphatic rings. The van der Waals surface area contributed by atoms with Crippen molar-refractivity contribution in [1.29, 1.82) is 0 Å². The van der Waals surface area contributed by atoms with Crippen molar-refractivity contribution in [3.05, 3.63) is 48.2 Å². The predicted molar refractivity (Wildman–Crippen MR) is 81.3 cm³/mol. The lowest BCUT2D eigenvalue weighted by Gasteiger charge is -2.08. The summed E-state index contributed by atoms with van der Waals surface area (Å²) in [6.07, 6.45) is 2.87. The summed E-state index contributed by atoms with van der Waals surface area (Å²) in [6, 6.07) is 6.58. The highest BCUT2D eigenvalue weighted by Gasteiger charge is 2.07. The molecule has 3 N–H and O–H groups in total. The van der Waals surface area contributed by atoms with E-state index in [1.165, 1.54) is 6.26 Å². The molecule has 0 aliphatic heterocycles. The number of nitrogens with one attached hydrogen (secondary N) is 1. The summed E-state index contributed by atoms with van der Waals surface area (Å²) in [4.78, 5) is 0.295. The molecular weight excluding hydrogens is 260 g/mol. The molecule has 0 fully saturated rings. The van der Waals surface area contributed by atoms with Crippen molar-refractivity contribution in [2.75, 3.05) is 13.3 Å². The summed E-state index contributed by atoms with van der Waals surface area (Å²) < 4.78 is 22.6. The van der Waals surface area contributed by atoms with E-state index in [-0.39, 0.29) is 0 Å². The van der Waals surface area contributed by atoms with Gasteiger partial charge in [0, 0.05) is 24.7 Å². The Bertz CT molecular complexity index is 543. The molecule has 0 heterocycles. The van der Waals surface area contributed by atoms with E-state index >= 15 is 0 Å². The zero-order valence-electron chi connectivity index (χ0n) is 11.9. The van der Waals surface area contributed by atoms with Crippen molar-refractivity contribution in [2.24, 2.45) is 5.73 Å². The van der Waals surface area contributed by atoms with E-state index < -0.39 is 9.84 Å². The maximum atomic E-state index is 11.3. The van der Waals surface area contributed by atoms with Crippen LogP contribution in [0.2, 0.25) is 0 Å². The fourth-order valence-corrected chi connectivity index (χ4v) is 2.00. The van der Waals surface area contributed by atoms with Crippen LogP contribution in [0, 0.1) is 0 Å². The van der Waals surface area contributed by atoms with Crippen molar-refractivity contribution in [3.8, 4) is 0 Å². The quantitative estimate of drug-likeness (QED) is 0.830. The second-order valence-electron chi connectivity index (χ2n) is 3.68. The maximum absolute atomic E-state index is 11.3. The van der Waals surface area contributed by atoms with Crippen LogP contribution in [0.4, 0.5) is 0 Å². The van der Waals surface area contributed by atoms with Crippen LogP contribution in [-0.2, 0) is 9.84 Å². The van der Waals surface area contributed by atoms with Crippen LogP contribution >= 0.6 is 0 Å². The molecule has 0 saturated carbocycles. The minimum Gasteiger partial charge on any atom is -0.399 e. The fourth-order valence-electron chi connectivity index (χ4n) is 1.37. The monoisotopic (exact) mass is 282 g/mol. The van der Waals surface area contributed by atoms with E-state index in [1.807, 2.05) is 13.8 Å². The van der Waals surface area contributed by atoms with Gasteiger partial charge in [-0.1, -0.05) is 32.6 Å². The molecule has 0 amide bonds. The molecule has 1 rings (SSSR count). The number of hydrogen-bond donors (Lipinski definition) is 2. The first kappa shape index (κ1) is 17.2. The van der Waals surface area contributed by atoms with Gasteiger partial charge in [-0.3, -0.25) is 0 Å². The Morgan fingerprint density at radius 1 is 1.26 bits per heavy atom. The zero-order chi connectivity index (χ0) is 15.1. The Hall–Kier alpha value is -1.75. The maximum Gasteiger partial charge on any atom is 0.175 e. The first-order valence-electron chi connectivity index (χ1n) is 5.99. The van der Waals surface area contributed by atoms with Gasteiger partial charge in [-0.15, -0.1) is 0 Å². The molecule has 0 radical (unpaired) electrons. The molecule has 0 spiro atoms. The number of benzene rings is 1. The largest absolute Gasteiger partial charge is 0.399 e. The van der Waals surface area contributed by atoms with E-state index in [0.29, 0.717) is 10.6 Å². The molecule has 0 aliphatic carbocycles. The molecule has 0 atom stereocenters. The van der Waals surface area contributed by atoms with Gasteiger partial charge < -0.3 is 11.1 Å². The Morgan fingerprint density at radius 3 is 2.05 bits per heavy atom. The van der Waals surface area contributed by atoms with Crippen LogP contribution in [-0.4, -0.2) is 21.7 Å². The van der Waals surface area contributed by atoms with Crippen LogP contribution < -0.4 is 11.1 Å². The molecule has 0 saturated heterocycles. The first-order valence-corrected chi connectivity index (χ1v) is 7.88. The van der Waals surface area contributed by atoms with E-state index in [2.05, 4.69) is 11.9 Å². The lowest BCUT2D eigenvalue weighted by Crippen LogP contribution is -2.07. The van der Waals surface area contributed by atoms with Crippen LogP contribution in [0.1, 0.15) is 19.4 Å². The highest BCUT2D eigenvalue weighted by atomic mass is 32.2. The van der Waals surface area contributed by atoms with E-state index in [9.17, 15) is 8.42 Å². The van der Waals surface area contributed by atoms with Gasteiger partial charge in [-0.05, 0) is 23.8 Å². The smallest absolute Gasteiger partial charge is 0.175 e. The molecule has 1 aromatic carbocycles. The standard InChI is InChI=1S/C12H16N2O2S.C2H6/c1-9(13)8-12(14-2)10-4-6-11(7-5-10)17(3,15)16;1-2/h4-8,14H,1,13H2,2-3H3;1-2H3/b12-8-;. The SMILES string of the molecule is C=C(N)/C=C(\NC)c1ccc(S(C)(=O)=O)cc1.CC. The minimum atomic E-state index is -3.16. The molecule has 5 heteroatoms. The molecular formula is C14H22N2O2S. The highest BCUT2D eigenvalue weighted by Crippen LogP contribution is 2.16. The molecule has 0 unspecified atom stereocenters. The van der Waals surface area contributed by atoms with Gasteiger partial charge in [-0.25, -0.2) is 8.42 Å². The van der Waals surface area contributed by atoms with Crippen molar-refractivity contribution in [3.63, 3.8) is 0 Å². The van der Waals surface area contributed by atoms with Crippen LogP contribution in [0.15, 0.2) is 47.5 Å². The third kappa shape index (κ3) is 5.61. The summed E-state index contributed by atoms with van der Waals surface area (Å²) in [5.74, 6) is 0. The van der Waals surface area contributed by atoms with Gasteiger partial charge >= 0.3 is 0 Å².